The summed E-state index contributed by atoms with van der Waals surface area (Å²) >= 11 is 0. The van der Waals surface area contributed by atoms with Gasteiger partial charge in [0.2, 0.25) is 0 Å². The first-order chi connectivity index (χ1) is 9.41. The Labute approximate surface area is 118 Å². The summed E-state index contributed by atoms with van der Waals surface area (Å²) in [6, 6.07) is 1.48. The summed E-state index contributed by atoms with van der Waals surface area (Å²) in [5.41, 5.74) is -0.614. The second-order valence-electron chi connectivity index (χ2n) is 5.55. The molecule has 2 rings (SSSR count). The smallest absolute Gasteiger partial charge is 0.256 e. The molecule has 20 heavy (non-hydrogen) atoms. The van der Waals surface area contributed by atoms with Gasteiger partial charge < -0.3 is 10.6 Å². The van der Waals surface area contributed by atoms with Crippen LogP contribution in [0.25, 0.3) is 0 Å². The number of carbonyl (C=O) groups excluding carboxylic acids is 1. The van der Waals surface area contributed by atoms with E-state index in [9.17, 15) is 9.18 Å². The summed E-state index contributed by atoms with van der Waals surface area (Å²) < 4.78 is 13.3. The van der Waals surface area contributed by atoms with Crippen LogP contribution in [0.5, 0.6) is 0 Å². The van der Waals surface area contributed by atoms with Crippen molar-refractivity contribution in [1.82, 2.24) is 10.3 Å². The van der Waals surface area contributed by atoms with Crippen molar-refractivity contribution in [3.8, 4) is 12.3 Å². The standard InChI is InChI=1S/C15H18FN3O/c1-4-15(2,3)19-14(20)12-8-10(16)9-17-13(12)18-11-6-5-7-11/h1,8-9,11H,5-7H2,2-3H3,(H,17,18)(H,19,20). The van der Waals surface area contributed by atoms with E-state index in [0.29, 0.717) is 11.9 Å². The van der Waals surface area contributed by atoms with Gasteiger partial charge >= 0.3 is 0 Å². The van der Waals surface area contributed by atoms with Crippen molar-refractivity contribution in [1.29, 1.82) is 0 Å². The number of aromatic nitrogens is 1. The van der Waals surface area contributed by atoms with Crippen LogP contribution < -0.4 is 10.6 Å². The molecule has 0 atom stereocenters. The minimum absolute atomic E-state index is 0.181. The lowest BCUT2D eigenvalue weighted by Gasteiger charge is -2.28. The van der Waals surface area contributed by atoms with Crippen LogP contribution in [0.2, 0.25) is 0 Å². The van der Waals surface area contributed by atoms with Crippen molar-refractivity contribution in [2.75, 3.05) is 5.32 Å². The predicted octanol–water partition coefficient (Wildman–Crippen LogP) is 2.33. The fourth-order valence-corrected chi connectivity index (χ4v) is 1.86. The zero-order chi connectivity index (χ0) is 14.8. The number of rotatable bonds is 4. The number of hydrogen-bond acceptors (Lipinski definition) is 3. The van der Waals surface area contributed by atoms with Gasteiger partial charge in [0.1, 0.15) is 11.6 Å². The van der Waals surface area contributed by atoms with E-state index in [4.69, 9.17) is 6.42 Å². The average molecular weight is 275 g/mol. The Morgan fingerprint density at radius 3 is 2.80 bits per heavy atom. The van der Waals surface area contributed by atoms with Gasteiger partial charge in [0.05, 0.1) is 17.3 Å². The van der Waals surface area contributed by atoms with Crippen molar-refractivity contribution in [2.45, 2.75) is 44.7 Å². The maximum Gasteiger partial charge on any atom is 0.256 e. The third-order valence-corrected chi connectivity index (χ3v) is 3.33. The van der Waals surface area contributed by atoms with E-state index in [1.807, 2.05) is 0 Å². The third kappa shape index (κ3) is 3.27. The quantitative estimate of drug-likeness (QED) is 0.829. The highest BCUT2D eigenvalue weighted by Crippen LogP contribution is 2.24. The maximum absolute atomic E-state index is 13.3. The highest BCUT2D eigenvalue weighted by Gasteiger charge is 2.24. The van der Waals surface area contributed by atoms with Gasteiger partial charge in [-0.1, -0.05) is 5.92 Å². The fraction of sp³-hybridized carbons (Fsp3) is 0.467. The van der Waals surface area contributed by atoms with Crippen molar-refractivity contribution >= 4 is 11.7 Å². The number of pyridine rings is 1. The Morgan fingerprint density at radius 2 is 2.25 bits per heavy atom. The number of hydrogen-bond donors (Lipinski definition) is 2. The van der Waals surface area contributed by atoms with Gasteiger partial charge in [0, 0.05) is 6.04 Å². The van der Waals surface area contributed by atoms with E-state index in [-0.39, 0.29) is 5.56 Å². The maximum atomic E-state index is 13.3. The van der Waals surface area contributed by atoms with Crippen LogP contribution >= 0.6 is 0 Å². The molecule has 0 spiro atoms. The molecule has 0 bridgehead atoms. The molecule has 1 fully saturated rings. The molecule has 0 radical (unpaired) electrons. The zero-order valence-corrected chi connectivity index (χ0v) is 11.7. The number of nitrogens with one attached hydrogen (secondary N) is 2. The number of amides is 1. The largest absolute Gasteiger partial charge is 0.367 e. The molecular weight excluding hydrogens is 257 g/mol. The molecule has 1 heterocycles. The highest BCUT2D eigenvalue weighted by molar-refractivity contribution is 5.99. The van der Waals surface area contributed by atoms with E-state index in [2.05, 4.69) is 21.5 Å². The Kier molecular flexibility index (Phi) is 3.93. The lowest BCUT2D eigenvalue weighted by molar-refractivity contribution is 0.0930. The van der Waals surface area contributed by atoms with Gasteiger partial charge in [-0.25, -0.2) is 9.37 Å². The van der Waals surface area contributed by atoms with Crippen molar-refractivity contribution in [2.24, 2.45) is 0 Å². The first-order valence-corrected chi connectivity index (χ1v) is 6.63. The van der Waals surface area contributed by atoms with Crippen molar-refractivity contribution in [3.05, 3.63) is 23.6 Å². The Hall–Kier alpha value is -2.09. The van der Waals surface area contributed by atoms with Gasteiger partial charge in [-0.05, 0) is 39.2 Å². The van der Waals surface area contributed by atoms with Gasteiger partial charge in [0.25, 0.3) is 5.91 Å². The second-order valence-corrected chi connectivity index (χ2v) is 5.55. The summed E-state index contributed by atoms with van der Waals surface area (Å²) in [5, 5.41) is 5.85. The highest BCUT2D eigenvalue weighted by atomic mass is 19.1. The van der Waals surface area contributed by atoms with Crippen LogP contribution in [0.3, 0.4) is 0 Å². The van der Waals surface area contributed by atoms with E-state index < -0.39 is 17.3 Å². The minimum atomic E-state index is -0.795. The van der Waals surface area contributed by atoms with Crippen LogP contribution in [0.1, 0.15) is 43.5 Å². The van der Waals surface area contributed by atoms with Crippen LogP contribution in [0.4, 0.5) is 10.2 Å². The molecule has 2 N–H and O–H groups in total. The Balaban J connectivity index is 2.22. The molecule has 1 saturated carbocycles. The van der Waals surface area contributed by atoms with E-state index >= 15 is 0 Å². The number of carbonyl (C=O) groups is 1. The molecule has 1 aromatic rings. The number of anilines is 1. The SMILES string of the molecule is C#CC(C)(C)NC(=O)c1cc(F)cnc1NC1CCC1. The molecule has 1 aliphatic rings. The molecule has 0 saturated heterocycles. The molecular formula is C15H18FN3O. The molecule has 4 nitrogen and oxygen atoms in total. The zero-order valence-electron chi connectivity index (χ0n) is 11.7. The van der Waals surface area contributed by atoms with Crippen LogP contribution in [0, 0.1) is 18.2 Å². The molecule has 1 aromatic heterocycles. The van der Waals surface area contributed by atoms with Crippen LogP contribution in [-0.2, 0) is 0 Å². The van der Waals surface area contributed by atoms with Crippen molar-refractivity contribution < 1.29 is 9.18 Å². The summed E-state index contributed by atoms with van der Waals surface area (Å²) in [6.07, 6.45) is 9.68. The lowest BCUT2D eigenvalue weighted by atomic mass is 9.93. The average Bonchev–Trinajstić information content (AvgIpc) is 2.34. The monoisotopic (exact) mass is 275 g/mol. The Morgan fingerprint density at radius 1 is 1.55 bits per heavy atom. The third-order valence-electron chi connectivity index (χ3n) is 3.33. The van der Waals surface area contributed by atoms with Crippen LogP contribution in [0.15, 0.2) is 12.3 Å². The predicted molar refractivity (Wildman–Crippen MR) is 75.8 cm³/mol. The normalized spacial score (nSPS) is 15.1. The van der Waals surface area contributed by atoms with Gasteiger partial charge in [-0.3, -0.25) is 4.79 Å². The minimum Gasteiger partial charge on any atom is -0.367 e. The Bertz CT molecular complexity index is 559. The second kappa shape index (κ2) is 5.49. The van der Waals surface area contributed by atoms with Gasteiger partial charge in [-0.15, -0.1) is 6.42 Å². The number of nitrogens with zero attached hydrogens (tertiary/aromatic N) is 1. The molecule has 1 aliphatic carbocycles. The molecule has 106 valence electrons. The van der Waals surface area contributed by atoms with E-state index in [1.54, 1.807) is 13.8 Å². The topological polar surface area (TPSA) is 54.0 Å². The summed E-state index contributed by atoms with van der Waals surface area (Å²) in [5.74, 6) is 1.90. The molecule has 0 unspecified atom stereocenters. The van der Waals surface area contributed by atoms with Gasteiger partial charge in [-0.2, -0.15) is 0 Å². The molecule has 0 aromatic carbocycles. The van der Waals surface area contributed by atoms with Crippen LogP contribution in [-0.4, -0.2) is 22.5 Å². The van der Waals surface area contributed by atoms with E-state index in [0.717, 1.165) is 25.5 Å². The number of terminal acetylenes is 1. The summed E-state index contributed by atoms with van der Waals surface area (Å²) in [4.78, 5) is 16.2. The molecule has 0 aliphatic heterocycles. The summed E-state index contributed by atoms with van der Waals surface area (Å²) in [7, 11) is 0. The first-order valence-electron chi connectivity index (χ1n) is 6.63. The van der Waals surface area contributed by atoms with Gasteiger partial charge in [0.15, 0.2) is 0 Å². The molecule has 1 amide bonds. The van der Waals surface area contributed by atoms with E-state index in [1.165, 1.54) is 6.07 Å². The fourth-order valence-electron chi connectivity index (χ4n) is 1.86. The first kappa shape index (κ1) is 14.3. The molecule has 5 heteroatoms. The number of halogens is 1. The lowest BCUT2D eigenvalue weighted by Crippen LogP contribution is -2.42. The summed E-state index contributed by atoms with van der Waals surface area (Å²) in [6.45, 7) is 3.41. The van der Waals surface area contributed by atoms with Crippen molar-refractivity contribution in [3.63, 3.8) is 0 Å².